The Morgan fingerprint density at radius 2 is 1.51 bits per heavy atom. The van der Waals surface area contributed by atoms with Crippen LogP contribution in [0.2, 0.25) is 0 Å². The topological polar surface area (TPSA) is 96.0 Å². The number of anilines is 1. The van der Waals surface area contributed by atoms with E-state index in [-0.39, 0.29) is 18.2 Å². The number of ether oxygens (including phenoxy) is 6. The molecule has 3 aliphatic rings. The molecule has 3 fully saturated rings. The van der Waals surface area contributed by atoms with E-state index in [2.05, 4.69) is 0 Å². The van der Waals surface area contributed by atoms with Crippen molar-refractivity contribution in [3.05, 3.63) is 42.0 Å². The van der Waals surface area contributed by atoms with Crippen molar-refractivity contribution in [2.45, 2.75) is 37.5 Å². The van der Waals surface area contributed by atoms with Gasteiger partial charge >= 0.3 is 0 Å². The molecule has 0 aromatic heterocycles. The second-order valence-electron chi connectivity index (χ2n) is 9.94. The molecule has 2 aromatic rings. The highest BCUT2D eigenvalue weighted by molar-refractivity contribution is 5.98. The second kappa shape index (κ2) is 11.3. The summed E-state index contributed by atoms with van der Waals surface area (Å²) in [6, 6.07) is 10.5. The number of carbonyl (C=O) groups excluding carboxylic acids is 2. The van der Waals surface area contributed by atoms with Gasteiger partial charge in [0.05, 0.1) is 59.3 Å². The van der Waals surface area contributed by atoms with Crippen LogP contribution in [-0.2, 0) is 19.1 Å². The Morgan fingerprint density at radius 1 is 0.897 bits per heavy atom. The molecule has 0 aliphatic carbocycles. The maximum absolute atomic E-state index is 14.1. The van der Waals surface area contributed by atoms with Crippen molar-refractivity contribution in [3.63, 3.8) is 0 Å². The predicted molar refractivity (Wildman–Crippen MR) is 142 cm³/mol. The molecule has 210 valence electrons. The third-order valence-corrected chi connectivity index (χ3v) is 7.95. The smallest absolute Gasteiger partial charge is 0.228 e. The van der Waals surface area contributed by atoms with Crippen molar-refractivity contribution in [2.24, 2.45) is 5.92 Å². The third-order valence-electron chi connectivity index (χ3n) is 7.95. The fraction of sp³-hybridized carbons (Fsp3) is 0.517. The van der Waals surface area contributed by atoms with Crippen LogP contribution in [0.5, 0.6) is 23.0 Å². The van der Waals surface area contributed by atoms with E-state index in [1.54, 1.807) is 24.1 Å². The van der Waals surface area contributed by atoms with E-state index in [1.807, 2.05) is 29.2 Å². The van der Waals surface area contributed by atoms with Crippen LogP contribution in [0.1, 0.15) is 37.3 Å². The number of benzene rings is 2. The van der Waals surface area contributed by atoms with Crippen LogP contribution >= 0.6 is 0 Å². The van der Waals surface area contributed by atoms with Crippen molar-refractivity contribution >= 4 is 17.5 Å². The average Bonchev–Trinajstić information content (AvgIpc) is 3.43. The number of hydrogen-bond donors (Lipinski definition) is 0. The molecule has 0 bridgehead atoms. The Bertz CT molecular complexity index is 1160. The lowest BCUT2D eigenvalue weighted by Crippen LogP contribution is -2.53. The summed E-state index contributed by atoms with van der Waals surface area (Å²) in [7, 11) is 6.21. The summed E-state index contributed by atoms with van der Waals surface area (Å²) in [6.07, 6.45) is 1.95. The number of rotatable bonds is 7. The minimum absolute atomic E-state index is 0.0219. The van der Waals surface area contributed by atoms with Gasteiger partial charge in [0.1, 0.15) is 5.75 Å². The third kappa shape index (κ3) is 5.10. The van der Waals surface area contributed by atoms with Gasteiger partial charge in [0.25, 0.3) is 0 Å². The standard InChI is InChI=1S/C29H36N2O8/c1-34-21-7-5-19(6-8-21)26-22(28(33)30-13-11-29(12-14-30)38-15-16-39-29)9-10-25(32)31(26)20-17-23(35-2)27(37-4)24(18-20)36-3/h5-8,17-18,22,26H,9-16H2,1-4H3/t22-,26-/m1/s1. The van der Waals surface area contributed by atoms with E-state index in [0.29, 0.717) is 74.3 Å². The molecular weight excluding hydrogens is 504 g/mol. The summed E-state index contributed by atoms with van der Waals surface area (Å²) in [5.74, 6) is 0.903. The monoisotopic (exact) mass is 540 g/mol. The Morgan fingerprint density at radius 3 is 2.05 bits per heavy atom. The van der Waals surface area contributed by atoms with Crippen molar-refractivity contribution in [1.82, 2.24) is 4.90 Å². The molecule has 5 rings (SSSR count). The molecule has 3 aliphatic heterocycles. The molecule has 39 heavy (non-hydrogen) atoms. The highest BCUT2D eigenvalue weighted by Gasteiger charge is 2.46. The normalized spacial score (nSPS) is 22.6. The number of methoxy groups -OCH3 is 4. The highest BCUT2D eigenvalue weighted by Crippen LogP contribution is 2.47. The van der Waals surface area contributed by atoms with Gasteiger partial charge in [-0.05, 0) is 24.1 Å². The predicted octanol–water partition coefficient (Wildman–Crippen LogP) is 3.57. The first-order valence-corrected chi connectivity index (χ1v) is 13.3. The lowest BCUT2D eigenvalue weighted by atomic mass is 9.82. The quantitative estimate of drug-likeness (QED) is 0.526. The first-order chi connectivity index (χ1) is 18.9. The van der Waals surface area contributed by atoms with Gasteiger partial charge in [-0.3, -0.25) is 9.59 Å². The van der Waals surface area contributed by atoms with Crippen molar-refractivity contribution in [2.75, 3.05) is 59.6 Å². The van der Waals surface area contributed by atoms with Crippen LogP contribution in [-0.4, -0.2) is 77.2 Å². The van der Waals surface area contributed by atoms with Gasteiger partial charge in [-0.25, -0.2) is 0 Å². The number of nitrogens with zero attached hydrogens (tertiary/aromatic N) is 2. The van der Waals surface area contributed by atoms with Crippen LogP contribution in [0.15, 0.2) is 36.4 Å². The molecule has 3 heterocycles. The second-order valence-corrected chi connectivity index (χ2v) is 9.94. The Balaban J connectivity index is 1.53. The number of piperidine rings is 2. The van der Waals surface area contributed by atoms with Crippen LogP contribution in [0, 0.1) is 5.92 Å². The Hall–Kier alpha value is -3.50. The molecule has 0 radical (unpaired) electrons. The van der Waals surface area contributed by atoms with E-state index >= 15 is 0 Å². The van der Waals surface area contributed by atoms with Crippen LogP contribution in [0.25, 0.3) is 0 Å². The molecular formula is C29H36N2O8. The van der Waals surface area contributed by atoms with Gasteiger partial charge in [0.2, 0.25) is 17.6 Å². The Kier molecular flexibility index (Phi) is 7.86. The van der Waals surface area contributed by atoms with E-state index in [1.165, 1.54) is 21.3 Å². The number of hydrogen-bond acceptors (Lipinski definition) is 8. The first kappa shape index (κ1) is 27.1. The van der Waals surface area contributed by atoms with Gasteiger partial charge in [0, 0.05) is 44.5 Å². The van der Waals surface area contributed by atoms with Gasteiger partial charge in [-0.15, -0.1) is 0 Å². The molecule has 2 aromatic carbocycles. The highest BCUT2D eigenvalue weighted by atomic mass is 16.7. The van der Waals surface area contributed by atoms with E-state index in [9.17, 15) is 9.59 Å². The van der Waals surface area contributed by atoms with Crippen molar-refractivity contribution < 1.29 is 38.0 Å². The lowest BCUT2D eigenvalue weighted by molar-refractivity contribution is -0.188. The fourth-order valence-corrected chi connectivity index (χ4v) is 5.93. The molecule has 0 N–H and O–H groups in total. The average molecular weight is 541 g/mol. The molecule has 1 spiro atoms. The molecule has 0 unspecified atom stereocenters. The van der Waals surface area contributed by atoms with Crippen LogP contribution in [0.4, 0.5) is 5.69 Å². The molecule has 3 saturated heterocycles. The minimum atomic E-state index is -0.572. The van der Waals surface area contributed by atoms with Gasteiger partial charge in [0.15, 0.2) is 17.3 Å². The van der Waals surface area contributed by atoms with E-state index in [4.69, 9.17) is 28.4 Å². The molecule has 10 nitrogen and oxygen atoms in total. The van der Waals surface area contributed by atoms with Crippen LogP contribution in [0.3, 0.4) is 0 Å². The lowest BCUT2D eigenvalue weighted by Gasteiger charge is -2.44. The van der Waals surface area contributed by atoms with Crippen molar-refractivity contribution in [3.8, 4) is 23.0 Å². The number of amides is 2. The molecule has 0 saturated carbocycles. The van der Waals surface area contributed by atoms with Crippen LogP contribution < -0.4 is 23.8 Å². The van der Waals surface area contributed by atoms with Gasteiger partial charge in [-0.1, -0.05) is 12.1 Å². The summed E-state index contributed by atoms with van der Waals surface area (Å²) in [4.78, 5) is 31.3. The largest absolute Gasteiger partial charge is 0.497 e. The van der Waals surface area contributed by atoms with Crippen molar-refractivity contribution in [1.29, 1.82) is 0 Å². The fourth-order valence-electron chi connectivity index (χ4n) is 5.93. The minimum Gasteiger partial charge on any atom is -0.497 e. The maximum Gasteiger partial charge on any atom is 0.228 e. The molecule has 2 atom stereocenters. The number of carbonyl (C=O) groups is 2. The Labute approximate surface area is 228 Å². The SMILES string of the molecule is COc1ccc([C@@H]2[C@H](C(=O)N3CCC4(CC3)OCCO4)CCC(=O)N2c2cc(OC)c(OC)c(OC)c2)cc1. The zero-order chi connectivity index (χ0) is 27.6. The summed E-state index contributed by atoms with van der Waals surface area (Å²) in [5, 5.41) is 0. The molecule has 10 heteroatoms. The summed E-state index contributed by atoms with van der Waals surface area (Å²) >= 11 is 0. The van der Waals surface area contributed by atoms with E-state index in [0.717, 1.165) is 5.56 Å². The van der Waals surface area contributed by atoms with E-state index < -0.39 is 17.7 Å². The molecule has 2 amide bonds. The zero-order valence-electron chi connectivity index (χ0n) is 22.9. The summed E-state index contributed by atoms with van der Waals surface area (Å²) in [5.41, 5.74) is 1.41. The first-order valence-electron chi connectivity index (χ1n) is 13.3. The maximum atomic E-state index is 14.1. The number of likely N-dealkylation sites (tertiary alicyclic amines) is 1. The van der Waals surface area contributed by atoms with Gasteiger partial charge in [-0.2, -0.15) is 0 Å². The van der Waals surface area contributed by atoms with Gasteiger partial charge < -0.3 is 38.2 Å². The summed E-state index contributed by atoms with van der Waals surface area (Å²) < 4.78 is 33.7. The summed E-state index contributed by atoms with van der Waals surface area (Å²) in [6.45, 7) is 2.26. The zero-order valence-corrected chi connectivity index (χ0v) is 22.9.